The molecule has 0 amide bonds. The van der Waals surface area contributed by atoms with E-state index in [0.717, 1.165) is 0 Å². The highest BCUT2D eigenvalue weighted by Gasteiger charge is 2.47. The first-order chi connectivity index (χ1) is 8.28. The van der Waals surface area contributed by atoms with Crippen LogP contribution in [0.15, 0.2) is 16.6 Å². The zero-order valence-corrected chi connectivity index (χ0v) is 11.2. The minimum Gasteiger partial charge on any atom is -0.483 e. The molecule has 1 aliphatic carbocycles. The zero-order chi connectivity index (χ0) is 13.5. The Labute approximate surface area is 114 Å². The van der Waals surface area contributed by atoms with E-state index in [0.29, 0.717) is 4.47 Å². The van der Waals surface area contributed by atoms with Crippen LogP contribution in [0.4, 0.5) is 14.5 Å². The second-order valence-electron chi connectivity index (χ2n) is 4.00. The van der Waals surface area contributed by atoms with E-state index in [9.17, 15) is 18.9 Å². The lowest BCUT2D eigenvalue weighted by Gasteiger charge is -2.34. The molecule has 1 aromatic rings. The summed E-state index contributed by atoms with van der Waals surface area (Å²) in [7, 11) is 0. The molecule has 0 N–H and O–H groups in total. The van der Waals surface area contributed by atoms with Gasteiger partial charge in [0.05, 0.1) is 9.95 Å². The van der Waals surface area contributed by atoms with Gasteiger partial charge in [-0.1, -0.05) is 11.6 Å². The Morgan fingerprint density at radius 2 is 2.11 bits per heavy atom. The second kappa shape index (κ2) is 4.62. The predicted molar refractivity (Wildman–Crippen MR) is 64.4 cm³/mol. The zero-order valence-electron chi connectivity index (χ0n) is 8.83. The molecule has 0 bridgehead atoms. The number of nitrogens with zero attached hydrogens (tertiary/aromatic N) is 1. The van der Waals surface area contributed by atoms with Gasteiger partial charge < -0.3 is 4.74 Å². The Balaban J connectivity index is 2.22. The van der Waals surface area contributed by atoms with Crippen LogP contribution in [0.1, 0.15) is 12.8 Å². The van der Waals surface area contributed by atoms with Crippen molar-refractivity contribution in [2.45, 2.75) is 24.9 Å². The van der Waals surface area contributed by atoms with Crippen LogP contribution in [0.2, 0.25) is 5.02 Å². The summed E-state index contributed by atoms with van der Waals surface area (Å²) in [5.41, 5.74) is -0.304. The fourth-order valence-corrected chi connectivity index (χ4v) is 2.11. The molecule has 0 heterocycles. The molecule has 0 aromatic heterocycles. The molecule has 0 unspecified atom stereocenters. The van der Waals surface area contributed by atoms with Crippen molar-refractivity contribution in [3.05, 3.63) is 31.7 Å². The van der Waals surface area contributed by atoms with E-state index in [1.165, 1.54) is 12.1 Å². The van der Waals surface area contributed by atoms with Gasteiger partial charge in [0.2, 0.25) is 0 Å². The lowest BCUT2D eigenvalue weighted by molar-refractivity contribution is -0.386. The molecule has 0 aliphatic heterocycles. The van der Waals surface area contributed by atoms with E-state index in [-0.39, 0.29) is 16.5 Å². The van der Waals surface area contributed by atoms with Crippen molar-refractivity contribution in [1.82, 2.24) is 0 Å². The quantitative estimate of drug-likeness (QED) is 0.611. The van der Waals surface area contributed by atoms with Crippen molar-refractivity contribution < 1.29 is 18.4 Å². The number of halogens is 4. The molecular weight excluding hydrogens is 335 g/mol. The fraction of sp³-hybridized carbons (Fsp3) is 0.400. The van der Waals surface area contributed by atoms with Gasteiger partial charge in [0, 0.05) is 29.4 Å². The van der Waals surface area contributed by atoms with Gasteiger partial charge in [0.15, 0.2) is 5.75 Å². The fourth-order valence-electron chi connectivity index (χ4n) is 1.62. The summed E-state index contributed by atoms with van der Waals surface area (Å²) < 4.78 is 30.8. The molecule has 1 aliphatic rings. The summed E-state index contributed by atoms with van der Waals surface area (Å²) >= 11 is 8.85. The lowest BCUT2D eigenvalue weighted by atomic mass is 9.91. The predicted octanol–water partition coefficient (Wildman–Crippen LogP) is 4.19. The standard InChI is InChI=1S/C10H7BrClF2NO3/c11-6-1-8(15(16)17)9(2-7(6)12)18-5-3-10(13,14)4-5/h1-2,5H,3-4H2. The molecule has 1 aromatic carbocycles. The van der Waals surface area contributed by atoms with Gasteiger partial charge in [-0.05, 0) is 15.9 Å². The van der Waals surface area contributed by atoms with Crippen LogP contribution in [-0.4, -0.2) is 16.9 Å². The summed E-state index contributed by atoms with van der Waals surface area (Å²) in [6, 6.07) is 2.44. The average Bonchev–Trinajstić information content (AvgIpc) is 2.20. The summed E-state index contributed by atoms with van der Waals surface area (Å²) in [6.45, 7) is 0. The molecule has 0 spiro atoms. The Hall–Kier alpha value is -0.950. The molecule has 1 fully saturated rings. The highest BCUT2D eigenvalue weighted by atomic mass is 79.9. The van der Waals surface area contributed by atoms with Crippen LogP contribution in [0, 0.1) is 10.1 Å². The van der Waals surface area contributed by atoms with Crippen LogP contribution in [0.25, 0.3) is 0 Å². The summed E-state index contributed by atoms with van der Waals surface area (Å²) in [5, 5.41) is 11.0. The molecular formula is C10H7BrClF2NO3. The molecule has 0 atom stereocenters. The molecule has 1 saturated carbocycles. The first kappa shape index (κ1) is 13.5. The number of ether oxygens (including phenoxy) is 1. The van der Waals surface area contributed by atoms with Gasteiger partial charge in [-0.3, -0.25) is 10.1 Å². The van der Waals surface area contributed by atoms with Crippen molar-refractivity contribution >= 4 is 33.2 Å². The Bertz CT molecular complexity index is 504. The van der Waals surface area contributed by atoms with Crippen LogP contribution >= 0.6 is 27.5 Å². The number of benzene rings is 1. The van der Waals surface area contributed by atoms with E-state index in [4.69, 9.17) is 16.3 Å². The Morgan fingerprint density at radius 3 is 2.61 bits per heavy atom. The normalized spacial score (nSPS) is 18.2. The van der Waals surface area contributed by atoms with Crippen LogP contribution < -0.4 is 4.74 Å². The van der Waals surface area contributed by atoms with Crippen LogP contribution in [-0.2, 0) is 0 Å². The lowest BCUT2D eigenvalue weighted by Crippen LogP contribution is -2.43. The van der Waals surface area contributed by atoms with E-state index in [1.807, 2.05) is 0 Å². The van der Waals surface area contributed by atoms with Crippen molar-refractivity contribution in [3.63, 3.8) is 0 Å². The number of nitro groups is 1. The van der Waals surface area contributed by atoms with E-state index in [2.05, 4.69) is 15.9 Å². The average molecular weight is 343 g/mol. The first-order valence-electron chi connectivity index (χ1n) is 4.96. The van der Waals surface area contributed by atoms with Crippen molar-refractivity contribution in [1.29, 1.82) is 0 Å². The van der Waals surface area contributed by atoms with Gasteiger partial charge in [-0.15, -0.1) is 0 Å². The largest absolute Gasteiger partial charge is 0.483 e. The van der Waals surface area contributed by atoms with Gasteiger partial charge >= 0.3 is 5.69 Å². The maximum absolute atomic E-state index is 12.6. The van der Waals surface area contributed by atoms with Gasteiger partial charge in [-0.25, -0.2) is 8.78 Å². The summed E-state index contributed by atoms with van der Waals surface area (Å²) in [5.74, 6) is -2.83. The number of alkyl halides is 2. The van der Waals surface area contributed by atoms with Gasteiger partial charge in [0.25, 0.3) is 5.92 Å². The summed E-state index contributed by atoms with van der Waals surface area (Å²) in [4.78, 5) is 10.2. The molecule has 2 rings (SSSR count). The Morgan fingerprint density at radius 1 is 1.50 bits per heavy atom. The first-order valence-corrected chi connectivity index (χ1v) is 6.13. The molecule has 8 heteroatoms. The van der Waals surface area contributed by atoms with Gasteiger partial charge in [-0.2, -0.15) is 0 Å². The topological polar surface area (TPSA) is 52.4 Å². The number of rotatable bonds is 3. The van der Waals surface area contributed by atoms with Crippen molar-refractivity contribution in [3.8, 4) is 5.75 Å². The summed E-state index contributed by atoms with van der Waals surface area (Å²) in [6.07, 6.45) is -1.58. The maximum atomic E-state index is 12.6. The van der Waals surface area contributed by atoms with Crippen LogP contribution in [0.3, 0.4) is 0 Å². The minimum absolute atomic E-state index is 0.0892. The van der Waals surface area contributed by atoms with E-state index in [1.54, 1.807) is 0 Å². The minimum atomic E-state index is -2.74. The molecule has 0 radical (unpaired) electrons. The number of nitro benzene ring substituents is 1. The maximum Gasteiger partial charge on any atom is 0.312 e. The SMILES string of the molecule is O=[N+]([O-])c1cc(Br)c(Cl)cc1OC1CC(F)(F)C1. The third-order valence-electron chi connectivity index (χ3n) is 2.54. The third-order valence-corrected chi connectivity index (χ3v) is 3.74. The number of hydrogen-bond donors (Lipinski definition) is 0. The van der Waals surface area contributed by atoms with Crippen molar-refractivity contribution in [2.75, 3.05) is 0 Å². The molecule has 18 heavy (non-hydrogen) atoms. The molecule has 0 saturated heterocycles. The van der Waals surface area contributed by atoms with Crippen LogP contribution in [0.5, 0.6) is 5.75 Å². The Kier molecular flexibility index (Phi) is 3.46. The van der Waals surface area contributed by atoms with Crippen molar-refractivity contribution in [2.24, 2.45) is 0 Å². The number of hydrogen-bond acceptors (Lipinski definition) is 3. The van der Waals surface area contributed by atoms with E-state index >= 15 is 0 Å². The highest BCUT2D eigenvalue weighted by Crippen LogP contribution is 2.43. The monoisotopic (exact) mass is 341 g/mol. The third kappa shape index (κ3) is 2.72. The molecule has 4 nitrogen and oxygen atoms in total. The van der Waals surface area contributed by atoms with Gasteiger partial charge in [0.1, 0.15) is 6.10 Å². The second-order valence-corrected chi connectivity index (χ2v) is 5.26. The van der Waals surface area contributed by atoms with E-state index < -0.39 is 29.8 Å². The molecule has 98 valence electrons. The highest BCUT2D eigenvalue weighted by molar-refractivity contribution is 9.10. The smallest absolute Gasteiger partial charge is 0.312 e.